The fraction of sp³-hybridized carbons (Fsp3) is 0.238. The summed E-state index contributed by atoms with van der Waals surface area (Å²) >= 11 is 0. The zero-order chi connectivity index (χ0) is 17.8. The molecule has 0 bridgehead atoms. The van der Waals surface area contributed by atoms with Gasteiger partial charge in [0, 0.05) is 4.57 Å². The molecule has 0 amide bonds. The van der Waals surface area contributed by atoms with Crippen molar-refractivity contribution >= 4 is 40.6 Å². The lowest BCUT2D eigenvalue weighted by molar-refractivity contribution is 0.273. The SMILES string of the molecule is CCCC.O=[P+](O)OCc1ccc2ccc3cccc4ccc1c2c34. The van der Waals surface area contributed by atoms with E-state index in [2.05, 4.69) is 56.3 Å². The third-order valence-corrected chi connectivity index (χ3v) is 4.80. The summed E-state index contributed by atoms with van der Waals surface area (Å²) in [6.07, 6.45) is 2.64. The molecule has 25 heavy (non-hydrogen) atoms. The summed E-state index contributed by atoms with van der Waals surface area (Å²) in [4.78, 5) is 8.84. The molecule has 4 heteroatoms. The zero-order valence-corrected chi connectivity index (χ0v) is 15.4. The molecule has 0 saturated carbocycles. The van der Waals surface area contributed by atoms with Crippen molar-refractivity contribution in [3.63, 3.8) is 0 Å². The molecule has 0 aliphatic heterocycles. The quantitative estimate of drug-likeness (QED) is 0.334. The van der Waals surface area contributed by atoms with Crippen molar-refractivity contribution in [2.24, 2.45) is 0 Å². The van der Waals surface area contributed by atoms with Gasteiger partial charge in [-0.1, -0.05) is 81.3 Å². The lowest BCUT2D eigenvalue weighted by atomic mass is 9.92. The Morgan fingerprint density at radius 2 is 1.40 bits per heavy atom. The van der Waals surface area contributed by atoms with E-state index in [9.17, 15) is 4.57 Å². The Labute approximate surface area is 148 Å². The molecule has 0 spiro atoms. The van der Waals surface area contributed by atoms with Crippen LogP contribution in [0.4, 0.5) is 0 Å². The van der Waals surface area contributed by atoms with Crippen LogP contribution >= 0.6 is 8.25 Å². The Balaban J connectivity index is 0.000000415. The van der Waals surface area contributed by atoms with Gasteiger partial charge in [-0.15, -0.1) is 9.42 Å². The molecule has 0 heterocycles. The predicted molar refractivity (Wildman–Crippen MR) is 105 cm³/mol. The van der Waals surface area contributed by atoms with Crippen molar-refractivity contribution < 1.29 is 14.0 Å². The Hall–Kier alpha value is -2.06. The highest BCUT2D eigenvalue weighted by Crippen LogP contribution is 2.36. The van der Waals surface area contributed by atoms with E-state index >= 15 is 0 Å². The number of benzene rings is 4. The Kier molecular flexibility index (Phi) is 5.60. The molecule has 0 aliphatic rings. The van der Waals surface area contributed by atoms with Crippen LogP contribution in [0, 0.1) is 0 Å². The number of hydrogen-bond donors (Lipinski definition) is 1. The van der Waals surface area contributed by atoms with Gasteiger partial charge >= 0.3 is 8.25 Å². The van der Waals surface area contributed by atoms with Crippen LogP contribution in [0.15, 0.2) is 54.6 Å². The van der Waals surface area contributed by atoms with E-state index in [-0.39, 0.29) is 6.61 Å². The van der Waals surface area contributed by atoms with E-state index in [4.69, 9.17) is 9.42 Å². The molecule has 0 aliphatic carbocycles. The summed E-state index contributed by atoms with van der Waals surface area (Å²) in [5, 5.41) is 7.09. The van der Waals surface area contributed by atoms with Crippen LogP contribution in [0.2, 0.25) is 0 Å². The van der Waals surface area contributed by atoms with Crippen molar-refractivity contribution in [3.8, 4) is 0 Å². The van der Waals surface area contributed by atoms with Gasteiger partial charge in [0.05, 0.1) is 0 Å². The molecule has 4 rings (SSSR count). The van der Waals surface area contributed by atoms with E-state index in [0.717, 1.165) is 10.9 Å². The van der Waals surface area contributed by atoms with E-state index in [1.807, 2.05) is 12.1 Å². The Bertz CT molecular complexity index is 992. The van der Waals surface area contributed by atoms with Gasteiger partial charge in [0.25, 0.3) is 0 Å². The highest BCUT2D eigenvalue weighted by Gasteiger charge is 2.15. The second kappa shape index (κ2) is 7.88. The summed E-state index contributed by atoms with van der Waals surface area (Å²) in [7, 11) is -2.58. The maximum absolute atomic E-state index is 10.8. The molecule has 0 radical (unpaired) electrons. The van der Waals surface area contributed by atoms with Crippen LogP contribution < -0.4 is 0 Å². The minimum Gasteiger partial charge on any atom is -0.133 e. The summed E-state index contributed by atoms with van der Waals surface area (Å²) < 4.78 is 15.7. The first-order valence-corrected chi connectivity index (χ1v) is 9.73. The van der Waals surface area contributed by atoms with E-state index < -0.39 is 8.25 Å². The standard InChI is InChI=1S/C17H11O3P.C4H10/c18-21(19)20-10-14-7-6-13-5-4-11-2-1-3-12-8-9-15(14)17(13)16(11)12;1-3-4-2/h1-9H,10H2;3-4H2,1-2H3/p+1. The summed E-state index contributed by atoms with van der Waals surface area (Å²) in [5.74, 6) is 0. The zero-order valence-electron chi connectivity index (χ0n) is 14.5. The predicted octanol–water partition coefficient (Wildman–Crippen LogP) is 6.56. The molecule has 0 fully saturated rings. The monoisotopic (exact) mass is 353 g/mol. The topological polar surface area (TPSA) is 46.5 Å². The molecular formula is C21H22O3P+. The third kappa shape index (κ3) is 3.64. The van der Waals surface area contributed by atoms with Crippen LogP contribution in [0.3, 0.4) is 0 Å². The van der Waals surface area contributed by atoms with Crippen LogP contribution in [-0.4, -0.2) is 4.89 Å². The highest BCUT2D eigenvalue weighted by molar-refractivity contribution is 7.32. The molecule has 3 nitrogen and oxygen atoms in total. The fourth-order valence-electron chi connectivity index (χ4n) is 3.05. The van der Waals surface area contributed by atoms with E-state index in [1.54, 1.807) is 0 Å². The van der Waals surface area contributed by atoms with Crippen molar-refractivity contribution in [1.82, 2.24) is 0 Å². The first kappa shape index (κ1) is 17.8. The molecule has 1 N–H and O–H groups in total. The normalized spacial score (nSPS) is 11.7. The average molecular weight is 353 g/mol. The van der Waals surface area contributed by atoms with Gasteiger partial charge in [0.2, 0.25) is 0 Å². The molecule has 4 aromatic carbocycles. The van der Waals surface area contributed by atoms with Crippen LogP contribution in [0.1, 0.15) is 32.3 Å². The summed E-state index contributed by atoms with van der Waals surface area (Å²) in [5.41, 5.74) is 0.929. The van der Waals surface area contributed by atoms with Gasteiger partial charge in [-0.2, -0.15) is 0 Å². The summed E-state index contributed by atoms with van der Waals surface area (Å²) in [6, 6.07) is 18.7. The molecule has 0 saturated heterocycles. The van der Waals surface area contributed by atoms with Crippen molar-refractivity contribution in [3.05, 3.63) is 60.2 Å². The first-order valence-electron chi connectivity index (χ1n) is 8.60. The Morgan fingerprint density at radius 3 is 2.00 bits per heavy atom. The van der Waals surface area contributed by atoms with Crippen molar-refractivity contribution in [1.29, 1.82) is 0 Å². The van der Waals surface area contributed by atoms with Crippen molar-refractivity contribution in [2.75, 3.05) is 0 Å². The first-order chi connectivity index (χ1) is 12.2. The molecule has 128 valence electrons. The highest BCUT2D eigenvalue weighted by atomic mass is 31.1. The van der Waals surface area contributed by atoms with Gasteiger partial charge in [0.1, 0.15) is 6.61 Å². The van der Waals surface area contributed by atoms with Crippen LogP contribution in [-0.2, 0) is 15.7 Å². The maximum atomic E-state index is 10.8. The molecule has 4 aromatic rings. The smallest absolute Gasteiger partial charge is 0.133 e. The van der Waals surface area contributed by atoms with E-state index in [0.29, 0.717) is 0 Å². The molecular weight excluding hydrogens is 331 g/mol. The molecule has 0 aromatic heterocycles. The third-order valence-electron chi connectivity index (χ3n) is 4.45. The second-order valence-corrected chi connectivity index (χ2v) is 6.83. The minimum absolute atomic E-state index is 0.139. The maximum Gasteiger partial charge on any atom is 0.695 e. The number of hydrogen-bond acceptors (Lipinski definition) is 2. The number of rotatable bonds is 4. The molecule has 1 unspecified atom stereocenters. The van der Waals surface area contributed by atoms with E-state index in [1.165, 1.54) is 39.8 Å². The van der Waals surface area contributed by atoms with Gasteiger partial charge in [0.15, 0.2) is 0 Å². The largest absolute Gasteiger partial charge is 0.695 e. The Morgan fingerprint density at radius 1 is 0.840 bits per heavy atom. The van der Waals surface area contributed by atoms with Gasteiger partial charge in [-0.05, 0) is 37.9 Å². The van der Waals surface area contributed by atoms with Crippen LogP contribution in [0.5, 0.6) is 0 Å². The summed E-state index contributed by atoms with van der Waals surface area (Å²) in [6.45, 7) is 4.50. The van der Waals surface area contributed by atoms with Gasteiger partial charge in [-0.3, -0.25) is 0 Å². The van der Waals surface area contributed by atoms with Crippen LogP contribution in [0.25, 0.3) is 32.3 Å². The average Bonchev–Trinajstić information content (AvgIpc) is 2.65. The minimum atomic E-state index is -2.58. The van der Waals surface area contributed by atoms with Gasteiger partial charge in [-0.25, -0.2) is 0 Å². The molecule has 1 atom stereocenters. The number of unbranched alkanes of at least 4 members (excludes halogenated alkanes) is 1. The second-order valence-electron chi connectivity index (χ2n) is 6.09. The van der Waals surface area contributed by atoms with Gasteiger partial charge < -0.3 is 0 Å². The lowest BCUT2D eigenvalue weighted by Crippen LogP contribution is -1.91. The fourth-order valence-corrected chi connectivity index (χ4v) is 3.30. The lowest BCUT2D eigenvalue weighted by Gasteiger charge is -2.12. The van der Waals surface area contributed by atoms with Crippen molar-refractivity contribution in [2.45, 2.75) is 33.3 Å².